The Morgan fingerprint density at radius 1 is 1.36 bits per heavy atom. The molecule has 0 aliphatic heterocycles. The second kappa shape index (κ2) is 9.18. The lowest BCUT2D eigenvalue weighted by molar-refractivity contribution is 0.0955. The van der Waals surface area contributed by atoms with Gasteiger partial charge < -0.3 is 4.90 Å². The summed E-state index contributed by atoms with van der Waals surface area (Å²) in [4.78, 5) is 17.9. The maximum absolute atomic E-state index is 11.9. The predicted molar refractivity (Wildman–Crippen MR) is 98.6 cm³/mol. The van der Waals surface area contributed by atoms with Crippen molar-refractivity contribution in [1.82, 2.24) is 10.4 Å². The average Bonchev–Trinajstić information content (AvgIpc) is 2.64. The minimum Gasteiger partial charge on any atom is -0.371 e. The smallest absolute Gasteiger partial charge is 0.271 e. The molecule has 0 unspecified atom stereocenters. The van der Waals surface area contributed by atoms with Gasteiger partial charge in [-0.25, -0.2) is 5.43 Å². The van der Waals surface area contributed by atoms with Gasteiger partial charge in [-0.2, -0.15) is 10.4 Å². The topological polar surface area (TPSA) is 81.4 Å². The molecule has 0 saturated heterocycles. The van der Waals surface area contributed by atoms with Crippen LogP contribution in [-0.2, 0) is 0 Å². The standard InChI is InChI=1S/C19H21N5O/c1-3-24(12-4-9-20)18-6-5-17(15(2)13-18)14-22-23-19(25)16-7-10-21-11-8-16/h5-8,10-11,13-14H,3-4,12H2,1-2H3,(H,23,25)/b22-14-. The number of carbonyl (C=O) groups excluding carboxylic acids is 1. The fourth-order valence-corrected chi connectivity index (χ4v) is 2.38. The minimum absolute atomic E-state index is 0.276. The van der Waals surface area contributed by atoms with Crippen LogP contribution in [0.5, 0.6) is 0 Å². The van der Waals surface area contributed by atoms with Gasteiger partial charge in [-0.05, 0) is 49.2 Å². The van der Waals surface area contributed by atoms with Crippen molar-refractivity contribution in [2.75, 3.05) is 18.0 Å². The fourth-order valence-electron chi connectivity index (χ4n) is 2.38. The van der Waals surface area contributed by atoms with Gasteiger partial charge >= 0.3 is 0 Å². The Morgan fingerprint density at radius 2 is 2.12 bits per heavy atom. The van der Waals surface area contributed by atoms with Crippen LogP contribution in [0, 0.1) is 18.3 Å². The van der Waals surface area contributed by atoms with Crippen molar-refractivity contribution < 1.29 is 4.79 Å². The van der Waals surface area contributed by atoms with E-state index >= 15 is 0 Å². The van der Waals surface area contributed by atoms with E-state index in [0.717, 1.165) is 23.4 Å². The van der Waals surface area contributed by atoms with Crippen LogP contribution in [0.4, 0.5) is 5.69 Å². The van der Waals surface area contributed by atoms with Gasteiger partial charge in [0.2, 0.25) is 0 Å². The lowest BCUT2D eigenvalue weighted by Crippen LogP contribution is -2.23. The number of nitrogens with zero attached hydrogens (tertiary/aromatic N) is 4. The third-order valence-electron chi connectivity index (χ3n) is 3.81. The maximum atomic E-state index is 11.9. The molecule has 6 heteroatoms. The number of carbonyl (C=O) groups is 1. The molecule has 0 bridgehead atoms. The van der Waals surface area contributed by atoms with Gasteiger partial charge in [-0.3, -0.25) is 9.78 Å². The van der Waals surface area contributed by atoms with Gasteiger partial charge in [0, 0.05) is 36.7 Å². The normalized spacial score (nSPS) is 10.4. The Hall–Kier alpha value is -3.20. The van der Waals surface area contributed by atoms with Gasteiger partial charge in [0.25, 0.3) is 5.91 Å². The number of hydrazone groups is 1. The summed E-state index contributed by atoms with van der Waals surface area (Å²) >= 11 is 0. The zero-order valence-corrected chi connectivity index (χ0v) is 14.4. The highest BCUT2D eigenvalue weighted by Gasteiger charge is 2.06. The molecule has 1 aromatic heterocycles. The molecule has 2 rings (SSSR count). The molecule has 0 radical (unpaired) electrons. The van der Waals surface area contributed by atoms with Crippen LogP contribution in [0.25, 0.3) is 0 Å². The molecule has 2 aromatic rings. The highest BCUT2D eigenvalue weighted by Crippen LogP contribution is 2.18. The predicted octanol–water partition coefficient (Wildman–Crippen LogP) is 2.89. The molecule has 1 heterocycles. The van der Waals surface area contributed by atoms with Crippen LogP contribution < -0.4 is 10.3 Å². The highest BCUT2D eigenvalue weighted by molar-refractivity contribution is 5.94. The number of aryl methyl sites for hydroxylation is 1. The Labute approximate surface area is 147 Å². The number of amides is 1. The molecule has 128 valence electrons. The SMILES string of the molecule is CCN(CCC#N)c1ccc(/C=N\NC(=O)c2ccncc2)c(C)c1. The lowest BCUT2D eigenvalue weighted by Gasteiger charge is -2.22. The van der Waals surface area contributed by atoms with Gasteiger partial charge in [0.15, 0.2) is 0 Å². The number of anilines is 1. The number of pyridine rings is 1. The number of nitriles is 1. The van der Waals surface area contributed by atoms with Gasteiger partial charge in [0.05, 0.1) is 18.7 Å². The van der Waals surface area contributed by atoms with Crippen molar-refractivity contribution in [2.45, 2.75) is 20.3 Å². The number of hydrogen-bond donors (Lipinski definition) is 1. The molecule has 1 amide bonds. The van der Waals surface area contributed by atoms with Crippen LogP contribution in [-0.4, -0.2) is 30.2 Å². The first-order valence-electron chi connectivity index (χ1n) is 8.11. The lowest BCUT2D eigenvalue weighted by atomic mass is 10.1. The monoisotopic (exact) mass is 335 g/mol. The van der Waals surface area contributed by atoms with E-state index in [0.29, 0.717) is 18.5 Å². The van der Waals surface area contributed by atoms with Crippen LogP contribution in [0.3, 0.4) is 0 Å². The van der Waals surface area contributed by atoms with Crippen molar-refractivity contribution in [3.63, 3.8) is 0 Å². The minimum atomic E-state index is -0.276. The van der Waals surface area contributed by atoms with Crippen LogP contribution in [0.1, 0.15) is 34.8 Å². The van der Waals surface area contributed by atoms with E-state index < -0.39 is 0 Å². The average molecular weight is 335 g/mol. The molecule has 0 spiro atoms. The Bertz CT molecular complexity index is 780. The maximum Gasteiger partial charge on any atom is 0.271 e. The molecule has 0 saturated carbocycles. The van der Waals surface area contributed by atoms with Crippen molar-refractivity contribution in [3.05, 3.63) is 59.4 Å². The number of benzene rings is 1. The molecule has 1 aromatic carbocycles. The Balaban J connectivity index is 2.03. The first-order valence-corrected chi connectivity index (χ1v) is 8.11. The number of hydrogen-bond acceptors (Lipinski definition) is 5. The van der Waals surface area contributed by atoms with Crippen molar-refractivity contribution in [1.29, 1.82) is 5.26 Å². The van der Waals surface area contributed by atoms with Crippen LogP contribution in [0.15, 0.2) is 47.8 Å². The molecular formula is C19H21N5O. The Morgan fingerprint density at radius 3 is 2.76 bits per heavy atom. The summed E-state index contributed by atoms with van der Waals surface area (Å²) in [5, 5.41) is 12.8. The summed E-state index contributed by atoms with van der Waals surface area (Å²) in [6.45, 7) is 5.61. The highest BCUT2D eigenvalue weighted by atomic mass is 16.2. The van der Waals surface area contributed by atoms with Gasteiger partial charge in [-0.15, -0.1) is 0 Å². The van der Waals surface area contributed by atoms with Crippen molar-refractivity contribution >= 4 is 17.8 Å². The molecule has 0 fully saturated rings. The summed E-state index contributed by atoms with van der Waals surface area (Å²) in [6, 6.07) is 11.5. The number of rotatable bonds is 7. The molecule has 0 aliphatic rings. The van der Waals surface area contributed by atoms with E-state index in [-0.39, 0.29) is 5.91 Å². The molecule has 6 nitrogen and oxygen atoms in total. The van der Waals surface area contributed by atoms with E-state index in [2.05, 4.69) is 39.5 Å². The second-order valence-electron chi connectivity index (χ2n) is 5.46. The zero-order chi connectivity index (χ0) is 18.1. The summed E-state index contributed by atoms with van der Waals surface area (Å²) in [5.74, 6) is -0.276. The Kier molecular flexibility index (Phi) is 6.66. The first-order chi connectivity index (χ1) is 12.2. The molecular weight excluding hydrogens is 314 g/mol. The number of nitrogens with one attached hydrogen (secondary N) is 1. The first kappa shape index (κ1) is 18.1. The van der Waals surface area contributed by atoms with E-state index in [1.54, 1.807) is 30.7 Å². The third kappa shape index (κ3) is 5.15. The van der Waals surface area contributed by atoms with E-state index in [9.17, 15) is 4.79 Å². The quantitative estimate of drug-likeness (QED) is 0.623. The third-order valence-corrected chi connectivity index (χ3v) is 3.81. The summed E-state index contributed by atoms with van der Waals surface area (Å²) in [6.07, 6.45) is 5.25. The van der Waals surface area contributed by atoms with Crippen LogP contribution >= 0.6 is 0 Å². The fraction of sp³-hybridized carbons (Fsp3) is 0.263. The van der Waals surface area contributed by atoms with Gasteiger partial charge in [0.1, 0.15) is 0 Å². The van der Waals surface area contributed by atoms with E-state index in [1.165, 1.54) is 0 Å². The number of aromatic nitrogens is 1. The molecule has 0 atom stereocenters. The van der Waals surface area contributed by atoms with Crippen LogP contribution in [0.2, 0.25) is 0 Å². The molecule has 25 heavy (non-hydrogen) atoms. The summed E-state index contributed by atoms with van der Waals surface area (Å²) < 4.78 is 0. The van der Waals surface area contributed by atoms with Crippen molar-refractivity contribution in [2.24, 2.45) is 5.10 Å². The summed E-state index contributed by atoms with van der Waals surface area (Å²) in [5.41, 5.74) is 6.07. The van der Waals surface area contributed by atoms with E-state index in [1.807, 2.05) is 19.1 Å². The largest absolute Gasteiger partial charge is 0.371 e. The summed E-state index contributed by atoms with van der Waals surface area (Å²) in [7, 11) is 0. The van der Waals surface area contributed by atoms with E-state index in [4.69, 9.17) is 5.26 Å². The second-order valence-corrected chi connectivity index (χ2v) is 5.46. The molecule has 0 aliphatic carbocycles. The van der Waals surface area contributed by atoms with Crippen molar-refractivity contribution in [3.8, 4) is 6.07 Å². The van der Waals surface area contributed by atoms with Gasteiger partial charge in [-0.1, -0.05) is 6.07 Å². The zero-order valence-electron chi connectivity index (χ0n) is 14.4. The molecule has 1 N–H and O–H groups in total.